The highest BCUT2D eigenvalue weighted by molar-refractivity contribution is 7.99. The number of nitrogens with zero attached hydrogens (tertiary/aromatic N) is 5. The van der Waals surface area contributed by atoms with Gasteiger partial charge in [-0.1, -0.05) is 23.9 Å². The summed E-state index contributed by atoms with van der Waals surface area (Å²) in [7, 11) is 1.66. The number of thioether (sulfide) groups is 1. The van der Waals surface area contributed by atoms with Gasteiger partial charge in [-0.25, -0.2) is 4.98 Å². The lowest BCUT2D eigenvalue weighted by Gasteiger charge is -2.13. The quantitative estimate of drug-likeness (QED) is 0.469. The van der Waals surface area contributed by atoms with E-state index < -0.39 is 0 Å². The van der Waals surface area contributed by atoms with Crippen molar-refractivity contribution in [2.75, 3.05) is 13.7 Å². The molecule has 0 bridgehead atoms. The third kappa shape index (κ3) is 4.06. The average molecular weight is 408 g/mol. The van der Waals surface area contributed by atoms with E-state index >= 15 is 0 Å². The first-order valence-electron chi connectivity index (χ1n) is 9.15. The number of hydrogen-bond acceptors (Lipinski definition) is 7. The van der Waals surface area contributed by atoms with E-state index in [0.717, 1.165) is 16.5 Å². The summed E-state index contributed by atoms with van der Waals surface area (Å²) in [6.45, 7) is 3.13. The number of fused-ring (bicyclic) bond motifs is 1. The number of rotatable bonds is 7. The van der Waals surface area contributed by atoms with Crippen molar-refractivity contribution in [3.05, 3.63) is 65.0 Å². The predicted octanol–water partition coefficient (Wildman–Crippen LogP) is 3.08. The molecule has 0 fully saturated rings. The minimum Gasteiger partial charge on any atom is -0.383 e. The van der Waals surface area contributed by atoms with E-state index in [0.29, 0.717) is 29.9 Å². The summed E-state index contributed by atoms with van der Waals surface area (Å²) >= 11 is 1.49. The molecule has 0 spiro atoms. The molecular formula is C20H20N6O2S. The highest BCUT2D eigenvalue weighted by Gasteiger charge is 2.19. The van der Waals surface area contributed by atoms with Gasteiger partial charge in [0.05, 0.1) is 29.3 Å². The van der Waals surface area contributed by atoms with Crippen molar-refractivity contribution < 1.29 is 4.74 Å². The molecule has 0 radical (unpaired) electrons. The molecule has 0 unspecified atom stereocenters. The summed E-state index contributed by atoms with van der Waals surface area (Å²) in [4.78, 5) is 24.0. The molecule has 148 valence electrons. The monoisotopic (exact) mass is 408 g/mol. The van der Waals surface area contributed by atoms with Crippen LogP contribution in [0.5, 0.6) is 0 Å². The molecule has 3 heterocycles. The molecule has 0 amide bonds. The second-order valence-electron chi connectivity index (χ2n) is 6.41. The van der Waals surface area contributed by atoms with E-state index in [1.165, 1.54) is 11.8 Å². The van der Waals surface area contributed by atoms with Crippen molar-refractivity contribution in [3.8, 4) is 11.4 Å². The first-order valence-corrected chi connectivity index (χ1v) is 10.0. The summed E-state index contributed by atoms with van der Waals surface area (Å²) in [5.41, 5.74) is 1.47. The number of hydrogen-bond donors (Lipinski definition) is 1. The lowest BCUT2D eigenvalue weighted by molar-refractivity contribution is 0.185. The predicted molar refractivity (Wildman–Crippen MR) is 112 cm³/mol. The molecule has 8 nitrogen and oxygen atoms in total. The zero-order valence-electron chi connectivity index (χ0n) is 16.1. The van der Waals surface area contributed by atoms with E-state index in [2.05, 4.69) is 25.1 Å². The zero-order chi connectivity index (χ0) is 20.2. The van der Waals surface area contributed by atoms with Crippen LogP contribution in [-0.4, -0.2) is 43.4 Å². The lowest BCUT2D eigenvalue weighted by Crippen LogP contribution is -2.13. The Morgan fingerprint density at radius 1 is 1.17 bits per heavy atom. The molecule has 0 saturated carbocycles. The molecule has 4 rings (SSSR count). The Balaban J connectivity index is 1.67. The Kier molecular flexibility index (Phi) is 5.68. The third-order valence-corrected chi connectivity index (χ3v) is 5.56. The number of ether oxygens (including phenoxy) is 1. The molecule has 0 aliphatic rings. The van der Waals surface area contributed by atoms with Gasteiger partial charge in [-0.2, -0.15) is 0 Å². The Bertz CT molecular complexity index is 1170. The number of nitrogens with one attached hydrogen (secondary N) is 1. The van der Waals surface area contributed by atoms with Gasteiger partial charge in [-0.3, -0.25) is 14.3 Å². The summed E-state index contributed by atoms with van der Waals surface area (Å²) in [5.74, 6) is 1.35. The molecular weight excluding hydrogens is 388 g/mol. The van der Waals surface area contributed by atoms with Crippen molar-refractivity contribution in [1.29, 1.82) is 0 Å². The minimum absolute atomic E-state index is 0.122. The van der Waals surface area contributed by atoms with E-state index in [1.54, 1.807) is 25.6 Å². The van der Waals surface area contributed by atoms with Crippen LogP contribution in [0.15, 0.2) is 58.7 Å². The van der Waals surface area contributed by atoms with Crippen LogP contribution < -0.4 is 5.56 Å². The van der Waals surface area contributed by atoms with Crippen LogP contribution in [0, 0.1) is 0 Å². The van der Waals surface area contributed by atoms with Crippen molar-refractivity contribution in [2.45, 2.75) is 23.9 Å². The van der Waals surface area contributed by atoms with Gasteiger partial charge in [0.25, 0.3) is 5.56 Å². The number of aromatic amines is 1. The number of methoxy groups -OCH3 is 1. The molecule has 0 saturated heterocycles. The van der Waals surface area contributed by atoms with Gasteiger partial charge >= 0.3 is 0 Å². The number of para-hydroxylation sites is 1. The van der Waals surface area contributed by atoms with Crippen molar-refractivity contribution in [1.82, 2.24) is 29.7 Å². The van der Waals surface area contributed by atoms with Gasteiger partial charge in [-0.15, -0.1) is 10.2 Å². The van der Waals surface area contributed by atoms with Crippen LogP contribution >= 0.6 is 11.8 Å². The fourth-order valence-electron chi connectivity index (χ4n) is 2.99. The topological polar surface area (TPSA) is 98.6 Å². The Labute approximate surface area is 171 Å². The Morgan fingerprint density at radius 2 is 1.97 bits per heavy atom. The van der Waals surface area contributed by atoms with Crippen LogP contribution in [0.25, 0.3) is 22.3 Å². The van der Waals surface area contributed by atoms with Gasteiger partial charge in [0, 0.05) is 25.1 Å². The number of pyridine rings is 1. The van der Waals surface area contributed by atoms with Crippen LogP contribution in [0.3, 0.4) is 0 Å². The molecule has 0 aliphatic carbocycles. The average Bonchev–Trinajstić information content (AvgIpc) is 3.15. The van der Waals surface area contributed by atoms with Gasteiger partial charge in [0.2, 0.25) is 0 Å². The van der Waals surface area contributed by atoms with Gasteiger partial charge in [-0.05, 0) is 31.2 Å². The van der Waals surface area contributed by atoms with E-state index in [1.807, 2.05) is 41.8 Å². The van der Waals surface area contributed by atoms with Crippen LogP contribution in [-0.2, 0) is 11.3 Å². The highest BCUT2D eigenvalue weighted by Crippen LogP contribution is 2.33. The maximum absolute atomic E-state index is 12.4. The van der Waals surface area contributed by atoms with Gasteiger partial charge < -0.3 is 9.72 Å². The van der Waals surface area contributed by atoms with Crippen molar-refractivity contribution in [3.63, 3.8) is 0 Å². The van der Waals surface area contributed by atoms with Crippen LogP contribution in [0.1, 0.15) is 18.0 Å². The summed E-state index contributed by atoms with van der Waals surface area (Å²) in [5, 5.41) is 9.94. The summed E-state index contributed by atoms with van der Waals surface area (Å²) < 4.78 is 7.27. The maximum atomic E-state index is 12.4. The molecule has 9 heteroatoms. The van der Waals surface area contributed by atoms with Crippen LogP contribution in [0.4, 0.5) is 0 Å². The SMILES string of the molecule is COCCn1c(S[C@H](C)c2nc3ccccc3c(=O)[nH]2)nnc1-c1ccncc1. The lowest BCUT2D eigenvalue weighted by atomic mass is 10.2. The van der Waals surface area contributed by atoms with E-state index in [9.17, 15) is 4.79 Å². The molecule has 29 heavy (non-hydrogen) atoms. The molecule has 0 aliphatic heterocycles. The number of H-pyrrole nitrogens is 1. The largest absolute Gasteiger partial charge is 0.383 e. The summed E-state index contributed by atoms with van der Waals surface area (Å²) in [6.07, 6.45) is 3.45. The fraction of sp³-hybridized carbons (Fsp3) is 0.250. The fourth-order valence-corrected chi connectivity index (χ4v) is 3.92. The highest BCUT2D eigenvalue weighted by atomic mass is 32.2. The molecule has 1 aromatic carbocycles. The second-order valence-corrected chi connectivity index (χ2v) is 7.72. The Morgan fingerprint density at radius 3 is 2.76 bits per heavy atom. The minimum atomic E-state index is -0.142. The smallest absolute Gasteiger partial charge is 0.258 e. The first kappa shape index (κ1) is 19.3. The second kappa shape index (κ2) is 8.54. The molecule has 4 aromatic rings. The number of benzene rings is 1. The Hall–Kier alpha value is -3.04. The zero-order valence-corrected chi connectivity index (χ0v) is 16.9. The standard InChI is InChI=1S/C20H20N6O2S/c1-13(17-22-16-6-4-3-5-15(16)19(27)23-17)29-20-25-24-18(26(20)11-12-28-2)14-7-9-21-10-8-14/h3-10,13H,11-12H2,1-2H3,(H,22,23,27)/t13-/m1/s1. The van der Waals surface area contributed by atoms with Gasteiger partial charge in [0.1, 0.15) is 5.82 Å². The molecule has 3 aromatic heterocycles. The van der Waals surface area contributed by atoms with Gasteiger partial charge in [0.15, 0.2) is 11.0 Å². The van der Waals surface area contributed by atoms with E-state index in [-0.39, 0.29) is 10.8 Å². The molecule has 1 N–H and O–H groups in total. The van der Waals surface area contributed by atoms with Crippen molar-refractivity contribution >= 4 is 22.7 Å². The third-order valence-electron chi connectivity index (χ3n) is 4.47. The van der Waals surface area contributed by atoms with Crippen LogP contribution in [0.2, 0.25) is 0 Å². The maximum Gasteiger partial charge on any atom is 0.258 e. The summed E-state index contributed by atoms with van der Waals surface area (Å²) in [6, 6.07) is 11.1. The molecule has 1 atom stereocenters. The van der Waals surface area contributed by atoms with E-state index in [4.69, 9.17) is 4.74 Å². The van der Waals surface area contributed by atoms with Crippen molar-refractivity contribution in [2.24, 2.45) is 0 Å². The normalized spacial score (nSPS) is 12.3. The number of aromatic nitrogens is 6. The first-order chi connectivity index (χ1) is 14.2.